The third-order valence-electron chi connectivity index (χ3n) is 9.36. The second kappa shape index (κ2) is 9.62. The lowest BCUT2D eigenvalue weighted by Crippen LogP contribution is -2.54. The van der Waals surface area contributed by atoms with Gasteiger partial charge in [0.1, 0.15) is 6.04 Å². The molecule has 1 unspecified atom stereocenters. The first kappa shape index (κ1) is 25.9. The number of nitrogens with zero attached hydrogens (tertiary/aromatic N) is 5. The summed E-state index contributed by atoms with van der Waals surface area (Å²) >= 11 is 0. The van der Waals surface area contributed by atoms with Crippen molar-refractivity contribution in [2.75, 3.05) is 11.9 Å². The fourth-order valence-corrected chi connectivity index (χ4v) is 6.68. The largest absolute Gasteiger partial charge is 0.385 e. The van der Waals surface area contributed by atoms with Crippen LogP contribution in [0.3, 0.4) is 0 Å². The number of piperidine rings is 1. The lowest BCUT2D eigenvalue weighted by atomic mass is 9.80. The van der Waals surface area contributed by atoms with Gasteiger partial charge in [-0.25, -0.2) is 4.98 Å². The molecule has 4 aromatic rings. The molecule has 1 atom stereocenters. The third kappa shape index (κ3) is 4.33. The molecule has 3 fully saturated rings. The molecule has 2 aliphatic heterocycles. The highest BCUT2D eigenvalue weighted by Crippen LogP contribution is 2.45. The Bertz CT molecular complexity index is 1850. The third-order valence-corrected chi connectivity index (χ3v) is 9.36. The minimum Gasteiger partial charge on any atom is -0.385 e. The minimum atomic E-state index is -0.964. The number of hydrogen-bond donors (Lipinski definition) is 2. The molecule has 43 heavy (non-hydrogen) atoms. The van der Waals surface area contributed by atoms with Crippen LogP contribution in [0.4, 0.5) is 5.69 Å². The molecule has 0 spiro atoms. The number of imide groups is 2. The van der Waals surface area contributed by atoms with Gasteiger partial charge in [0, 0.05) is 49.6 Å². The number of carbonyl (C=O) groups excluding carboxylic acids is 4. The van der Waals surface area contributed by atoms with Crippen molar-refractivity contribution in [3.8, 4) is 11.3 Å². The molecule has 218 valence electrons. The van der Waals surface area contributed by atoms with E-state index in [4.69, 9.17) is 10.1 Å². The first-order valence-electron chi connectivity index (χ1n) is 14.9. The standard InChI is InChI=1S/C32H31N7O4/c1-37-11-10-25-26(37)7-6-24(34-25)23-16-38(36-29(23)18-2-3-18)20-12-17(13-20)15-33-19-4-5-21-22(14-19)32(43)39(31(21)42)27-8-9-28(40)35-30(27)41/h4-7,10-11,14,16-18,20,27,33H,2-3,8-9,12-13,15H2,1H3,(H,35,40,41). The number of benzene rings is 1. The van der Waals surface area contributed by atoms with Crippen LogP contribution in [-0.4, -0.2) is 60.4 Å². The van der Waals surface area contributed by atoms with Gasteiger partial charge in [0.2, 0.25) is 11.8 Å². The van der Waals surface area contributed by atoms with Gasteiger partial charge in [-0.2, -0.15) is 5.10 Å². The van der Waals surface area contributed by atoms with Gasteiger partial charge in [0.25, 0.3) is 11.8 Å². The number of nitrogens with one attached hydrogen (secondary N) is 2. The van der Waals surface area contributed by atoms with E-state index in [1.165, 1.54) is 12.8 Å². The maximum Gasteiger partial charge on any atom is 0.262 e. The van der Waals surface area contributed by atoms with Crippen LogP contribution in [-0.2, 0) is 16.6 Å². The number of aromatic nitrogens is 4. The summed E-state index contributed by atoms with van der Waals surface area (Å²) in [5.41, 5.74) is 6.70. The number of carbonyl (C=O) groups is 4. The van der Waals surface area contributed by atoms with E-state index in [2.05, 4.69) is 38.2 Å². The van der Waals surface area contributed by atoms with Crippen LogP contribution in [0.5, 0.6) is 0 Å². The van der Waals surface area contributed by atoms with Crippen LogP contribution in [0, 0.1) is 5.92 Å². The minimum absolute atomic E-state index is 0.0983. The Balaban J connectivity index is 0.923. The van der Waals surface area contributed by atoms with Gasteiger partial charge in [-0.05, 0) is 74.4 Å². The van der Waals surface area contributed by atoms with Crippen LogP contribution >= 0.6 is 0 Å². The second-order valence-electron chi connectivity index (χ2n) is 12.3. The first-order valence-corrected chi connectivity index (χ1v) is 14.9. The van der Waals surface area contributed by atoms with E-state index in [1.54, 1.807) is 18.2 Å². The van der Waals surface area contributed by atoms with Crippen LogP contribution in [0.2, 0.25) is 0 Å². The fraction of sp³-hybridized carbons (Fsp3) is 0.375. The Kier molecular flexibility index (Phi) is 5.79. The Morgan fingerprint density at radius 1 is 0.953 bits per heavy atom. The summed E-state index contributed by atoms with van der Waals surface area (Å²) < 4.78 is 4.22. The monoisotopic (exact) mass is 577 g/mol. The SMILES string of the molecule is Cn1ccc2nc(-c3cn(C4CC(CNc5ccc6c(c5)C(=O)N(C5CCC(=O)NC5=O)C6=O)C4)nc3C3CC3)ccc21. The van der Waals surface area contributed by atoms with E-state index in [-0.39, 0.29) is 29.9 Å². The number of hydrogen-bond acceptors (Lipinski definition) is 7. The molecule has 2 N–H and O–H groups in total. The highest BCUT2D eigenvalue weighted by molar-refractivity contribution is 6.23. The number of aryl methyl sites for hydroxylation is 1. The van der Waals surface area contributed by atoms with Crippen LogP contribution in [0.15, 0.2) is 48.8 Å². The zero-order chi connectivity index (χ0) is 29.4. The van der Waals surface area contributed by atoms with Gasteiger partial charge in [0.05, 0.1) is 39.6 Å². The summed E-state index contributed by atoms with van der Waals surface area (Å²) in [5, 5.41) is 10.7. The highest BCUT2D eigenvalue weighted by atomic mass is 16.2. The molecular formula is C32H31N7O4. The van der Waals surface area contributed by atoms with Crippen molar-refractivity contribution in [1.82, 2.24) is 29.5 Å². The lowest BCUT2D eigenvalue weighted by molar-refractivity contribution is -0.136. The zero-order valence-corrected chi connectivity index (χ0v) is 23.7. The maximum absolute atomic E-state index is 13.1. The molecule has 3 aromatic heterocycles. The highest BCUT2D eigenvalue weighted by Gasteiger charge is 2.44. The Morgan fingerprint density at radius 3 is 2.56 bits per heavy atom. The van der Waals surface area contributed by atoms with Crippen LogP contribution < -0.4 is 10.6 Å². The van der Waals surface area contributed by atoms with Crippen molar-refractivity contribution in [3.05, 3.63) is 65.6 Å². The summed E-state index contributed by atoms with van der Waals surface area (Å²) in [6, 6.07) is 10.8. The topological polar surface area (TPSA) is 131 Å². The zero-order valence-electron chi connectivity index (χ0n) is 23.7. The lowest BCUT2D eigenvalue weighted by Gasteiger charge is -2.35. The number of pyridine rings is 1. The van der Waals surface area contributed by atoms with Crippen molar-refractivity contribution in [3.63, 3.8) is 0 Å². The Labute approximate surface area is 247 Å². The molecule has 11 heteroatoms. The molecule has 2 aliphatic carbocycles. The Hall–Kier alpha value is -4.80. The van der Waals surface area contributed by atoms with E-state index < -0.39 is 23.8 Å². The van der Waals surface area contributed by atoms with Gasteiger partial charge in [0.15, 0.2) is 0 Å². The van der Waals surface area contributed by atoms with E-state index in [1.807, 2.05) is 19.3 Å². The maximum atomic E-state index is 13.1. The van der Waals surface area contributed by atoms with Crippen molar-refractivity contribution in [2.24, 2.45) is 13.0 Å². The molecule has 0 bridgehead atoms. The van der Waals surface area contributed by atoms with Gasteiger partial charge in [-0.3, -0.25) is 34.1 Å². The predicted molar refractivity (Wildman–Crippen MR) is 157 cm³/mol. The van der Waals surface area contributed by atoms with Crippen molar-refractivity contribution >= 4 is 40.3 Å². The summed E-state index contributed by atoms with van der Waals surface area (Å²) in [6.07, 6.45) is 8.79. The molecule has 5 heterocycles. The molecule has 11 nitrogen and oxygen atoms in total. The molecular weight excluding hydrogens is 546 g/mol. The number of anilines is 1. The van der Waals surface area contributed by atoms with Crippen molar-refractivity contribution in [1.29, 1.82) is 0 Å². The molecule has 2 saturated carbocycles. The van der Waals surface area contributed by atoms with Gasteiger partial charge in [-0.15, -0.1) is 0 Å². The van der Waals surface area contributed by atoms with E-state index in [0.717, 1.165) is 58.0 Å². The van der Waals surface area contributed by atoms with Crippen molar-refractivity contribution in [2.45, 2.75) is 56.5 Å². The molecule has 4 amide bonds. The molecule has 1 saturated heterocycles. The fourth-order valence-electron chi connectivity index (χ4n) is 6.68. The van der Waals surface area contributed by atoms with Crippen molar-refractivity contribution < 1.29 is 19.2 Å². The summed E-state index contributed by atoms with van der Waals surface area (Å²) in [5.74, 6) is -1.02. The summed E-state index contributed by atoms with van der Waals surface area (Å²) in [6.45, 7) is 0.740. The molecule has 4 aliphatic rings. The molecule has 0 radical (unpaired) electrons. The number of fused-ring (bicyclic) bond motifs is 2. The van der Waals surface area contributed by atoms with E-state index >= 15 is 0 Å². The first-order chi connectivity index (χ1) is 20.8. The number of rotatable bonds is 7. The Morgan fingerprint density at radius 2 is 1.77 bits per heavy atom. The van der Waals surface area contributed by atoms with Crippen LogP contribution in [0.1, 0.15) is 76.9 Å². The van der Waals surface area contributed by atoms with Gasteiger partial charge in [-0.1, -0.05) is 0 Å². The summed E-state index contributed by atoms with van der Waals surface area (Å²) in [7, 11) is 2.03. The average Bonchev–Trinajstić information content (AvgIpc) is 3.55. The predicted octanol–water partition coefficient (Wildman–Crippen LogP) is 3.78. The number of amides is 4. The van der Waals surface area contributed by atoms with Gasteiger partial charge >= 0.3 is 0 Å². The van der Waals surface area contributed by atoms with Gasteiger partial charge < -0.3 is 9.88 Å². The second-order valence-corrected chi connectivity index (χ2v) is 12.3. The van der Waals surface area contributed by atoms with E-state index in [9.17, 15) is 19.2 Å². The normalized spacial score (nSPS) is 23.5. The molecule has 1 aromatic carbocycles. The summed E-state index contributed by atoms with van der Waals surface area (Å²) in [4.78, 5) is 55.9. The quantitative estimate of drug-likeness (QED) is 0.320. The van der Waals surface area contributed by atoms with Crippen LogP contribution in [0.25, 0.3) is 22.3 Å². The average molecular weight is 578 g/mol. The van der Waals surface area contributed by atoms with E-state index in [0.29, 0.717) is 17.9 Å². The molecule has 8 rings (SSSR count). The smallest absolute Gasteiger partial charge is 0.262 e.